The summed E-state index contributed by atoms with van der Waals surface area (Å²) >= 11 is 1.52. The summed E-state index contributed by atoms with van der Waals surface area (Å²) in [6, 6.07) is 10.4. The molecule has 1 aliphatic heterocycles. The minimum absolute atomic E-state index is 0.0777. The fourth-order valence-corrected chi connectivity index (χ4v) is 4.36. The van der Waals surface area contributed by atoms with Gasteiger partial charge in [-0.05, 0) is 6.92 Å². The van der Waals surface area contributed by atoms with Gasteiger partial charge in [-0.25, -0.2) is 4.98 Å². The first kappa shape index (κ1) is 14.6. The largest absolute Gasteiger partial charge is 0.492 e. The molecule has 0 bridgehead atoms. The topological polar surface area (TPSA) is 64.1 Å². The van der Waals surface area contributed by atoms with Gasteiger partial charge in [0.15, 0.2) is 6.04 Å². The maximum absolute atomic E-state index is 10.7. The molecular formula is C16H19N4O2S+. The second kappa shape index (κ2) is 5.92. The van der Waals surface area contributed by atoms with Gasteiger partial charge < -0.3 is 14.7 Å². The summed E-state index contributed by atoms with van der Waals surface area (Å²) in [6.07, 6.45) is 0. The molecule has 23 heavy (non-hydrogen) atoms. The summed E-state index contributed by atoms with van der Waals surface area (Å²) in [5.74, 6) is 0.881. The zero-order valence-corrected chi connectivity index (χ0v) is 13.7. The van der Waals surface area contributed by atoms with Crippen molar-refractivity contribution in [3.63, 3.8) is 0 Å². The Hall–Kier alpha value is -1.96. The van der Waals surface area contributed by atoms with Gasteiger partial charge in [-0.15, -0.1) is 5.10 Å². The Bertz CT molecular complexity index is 808. The van der Waals surface area contributed by atoms with Crippen molar-refractivity contribution in [3.8, 4) is 5.88 Å². The van der Waals surface area contributed by atoms with Crippen LogP contribution in [0.1, 0.15) is 22.3 Å². The molecule has 1 atom stereocenters. The number of hydrogen-bond acceptors (Lipinski definition) is 5. The first-order valence-corrected chi connectivity index (χ1v) is 8.58. The Morgan fingerprint density at radius 1 is 1.26 bits per heavy atom. The van der Waals surface area contributed by atoms with Crippen molar-refractivity contribution >= 4 is 16.3 Å². The average Bonchev–Trinajstić information content (AvgIpc) is 3.08. The van der Waals surface area contributed by atoms with Gasteiger partial charge in [-0.3, -0.25) is 0 Å². The summed E-state index contributed by atoms with van der Waals surface area (Å²) in [5.41, 5.74) is 1.20. The van der Waals surface area contributed by atoms with Crippen LogP contribution >= 0.6 is 11.3 Å². The maximum Gasteiger partial charge on any atom is 0.235 e. The van der Waals surface area contributed by atoms with Crippen molar-refractivity contribution in [2.24, 2.45) is 0 Å². The van der Waals surface area contributed by atoms with E-state index < -0.39 is 0 Å². The molecule has 1 aromatic carbocycles. The van der Waals surface area contributed by atoms with E-state index in [9.17, 15) is 5.11 Å². The summed E-state index contributed by atoms with van der Waals surface area (Å²) in [6.45, 7) is 5.18. The number of rotatable bonds is 3. The van der Waals surface area contributed by atoms with Crippen LogP contribution in [0.25, 0.3) is 4.96 Å². The van der Waals surface area contributed by atoms with Crippen LogP contribution in [0.15, 0.2) is 30.3 Å². The van der Waals surface area contributed by atoms with Gasteiger partial charge in [0.25, 0.3) is 0 Å². The lowest BCUT2D eigenvalue weighted by atomic mass is 10.0. The second-order valence-electron chi connectivity index (χ2n) is 5.76. The number of aromatic nitrogens is 3. The molecule has 6 nitrogen and oxygen atoms in total. The zero-order chi connectivity index (χ0) is 15.8. The van der Waals surface area contributed by atoms with E-state index in [1.807, 2.05) is 25.1 Å². The molecule has 3 heterocycles. The van der Waals surface area contributed by atoms with E-state index >= 15 is 0 Å². The molecule has 0 radical (unpaired) electrons. The number of nitrogens with zero attached hydrogens (tertiary/aromatic N) is 3. The lowest BCUT2D eigenvalue weighted by Crippen LogP contribution is -3.14. The first-order chi connectivity index (χ1) is 11.2. The van der Waals surface area contributed by atoms with Crippen molar-refractivity contribution in [2.45, 2.75) is 13.0 Å². The SMILES string of the molecule is Cc1nc2sc([C@H](c3ccccc3)[NH+]3CCOCC3)c(O)n2n1. The second-order valence-corrected chi connectivity index (χ2v) is 6.77. The Morgan fingerprint density at radius 3 is 2.70 bits per heavy atom. The molecule has 0 spiro atoms. The van der Waals surface area contributed by atoms with Gasteiger partial charge in [-0.2, -0.15) is 4.52 Å². The third-order valence-corrected chi connectivity index (χ3v) is 5.33. The Labute approximate surface area is 138 Å². The molecule has 7 heteroatoms. The van der Waals surface area contributed by atoms with E-state index in [0.717, 1.165) is 36.1 Å². The van der Waals surface area contributed by atoms with Gasteiger partial charge in [-0.1, -0.05) is 41.7 Å². The van der Waals surface area contributed by atoms with E-state index in [2.05, 4.69) is 22.2 Å². The van der Waals surface area contributed by atoms with Crippen molar-refractivity contribution in [3.05, 3.63) is 46.6 Å². The maximum atomic E-state index is 10.7. The third-order valence-electron chi connectivity index (χ3n) is 4.24. The molecule has 3 aromatic rings. The smallest absolute Gasteiger partial charge is 0.235 e. The summed E-state index contributed by atoms with van der Waals surface area (Å²) in [5, 5.41) is 15.0. The molecule has 0 amide bonds. The van der Waals surface area contributed by atoms with Crippen LogP contribution in [0.4, 0.5) is 0 Å². The molecule has 120 valence electrons. The fraction of sp³-hybridized carbons (Fsp3) is 0.375. The highest BCUT2D eigenvalue weighted by Crippen LogP contribution is 2.34. The molecule has 2 aromatic heterocycles. The van der Waals surface area contributed by atoms with Crippen molar-refractivity contribution < 1.29 is 14.7 Å². The van der Waals surface area contributed by atoms with Gasteiger partial charge >= 0.3 is 0 Å². The number of ether oxygens (including phenoxy) is 1. The molecule has 2 N–H and O–H groups in total. The van der Waals surface area contributed by atoms with E-state index in [1.54, 1.807) is 4.52 Å². The minimum Gasteiger partial charge on any atom is -0.492 e. The van der Waals surface area contributed by atoms with Crippen LogP contribution in [-0.2, 0) is 4.74 Å². The number of nitrogens with one attached hydrogen (secondary N) is 1. The molecule has 1 saturated heterocycles. The number of hydrogen-bond donors (Lipinski definition) is 2. The zero-order valence-electron chi connectivity index (χ0n) is 12.9. The molecule has 4 rings (SSSR count). The quantitative estimate of drug-likeness (QED) is 0.745. The van der Waals surface area contributed by atoms with Gasteiger partial charge in [0, 0.05) is 5.56 Å². The van der Waals surface area contributed by atoms with Gasteiger partial charge in [0.05, 0.1) is 13.2 Å². The van der Waals surface area contributed by atoms with E-state index in [0.29, 0.717) is 5.82 Å². The number of thiazole rings is 1. The van der Waals surface area contributed by atoms with Crippen molar-refractivity contribution in [2.75, 3.05) is 26.3 Å². The fourth-order valence-electron chi connectivity index (χ4n) is 3.18. The van der Waals surface area contributed by atoms with Crippen molar-refractivity contribution in [1.82, 2.24) is 14.6 Å². The van der Waals surface area contributed by atoms with Crippen molar-refractivity contribution in [1.29, 1.82) is 0 Å². The van der Waals surface area contributed by atoms with Crippen LogP contribution in [0.2, 0.25) is 0 Å². The minimum atomic E-state index is 0.0777. The van der Waals surface area contributed by atoms with Gasteiger partial charge in [0.2, 0.25) is 10.8 Å². The van der Waals surface area contributed by atoms with Crippen LogP contribution in [0.5, 0.6) is 5.88 Å². The highest BCUT2D eigenvalue weighted by molar-refractivity contribution is 7.17. The first-order valence-electron chi connectivity index (χ1n) is 7.76. The third kappa shape index (κ3) is 2.60. The normalized spacial score (nSPS) is 17.6. The number of fused-ring (bicyclic) bond motifs is 1. The van der Waals surface area contributed by atoms with Crippen LogP contribution in [0, 0.1) is 6.92 Å². The lowest BCUT2D eigenvalue weighted by molar-refractivity contribution is -0.932. The molecule has 0 aliphatic carbocycles. The van der Waals surface area contributed by atoms with E-state index in [-0.39, 0.29) is 11.9 Å². The molecular weight excluding hydrogens is 312 g/mol. The summed E-state index contributed by atoms with van der Waals surface area (Å²) in [7, 11) is 0. The highest BCUT2D eigenvalue weighted by Gasteiger charge is 2.33. The molecule has 0 saturated carbocycles. The highest BCUT2D eigenvalue weighted by atomic mass is 32.1. The number of benzene rings is 1. The number of morpholine rings is 1. The van der Waals surface area contributed by atoms with E-state index in [1.165, 1.54) is 21.8 Å². The van der Waals surface area contributed by atoms with Crippen LogP contribution in [-0.4, -0.2) is 46.0 Å². The Kier molecular flexibility index (Phi) is 3.76. The standard InChI is InChI=1S/C16H18N4O2S/c1-11-17-16-20(18-11)15(21)14(23-16)13(12-5-3-2-4-6-12)19-7-9-22-10-8-19/h2-6,13,21H,7-10H2,1H3/p+1/t13-/m0/s1. The van der Waals surface area contributed by atoms with E-state index in [4.69, 9.17) is 4.74 Å². The molecule has 1 fully saturated rings. The molecule has 0 unspecified atom stereocenters. The van der Waals surface area contributed by atoms with Crippen LogP contribution in [0.3, 0.4) is 0 Å². The number of aromatic hydroxyl groups is 1. The number of quaternary nitrogens is 1. The lowest BCUT2D eigenvalue weighted by Gasteiger charge is -2.31. The van der Waals surface area contributed by atoms with Gasteiger partial charge in [0.1, 0.15) is 23.8 Å². The predicted octanol–water partition coefficient (Wildman–Crippen LogP) is 0.809. The number of aryl methyl sites for hydroxylation is 1. The Balaban J connectivity index is 1.82. The molecule has 1 aliphatic rings. The monoisotopic (exact) mass is 331 g/mol. The predicted molar refractivity (Wildman–Crippen MR) is 87.1 cm³/mol. The summed E-state index contributed by atoms with van der Waals surface area (Å²) in [4.78, 5) is 7.45. The van der Waals surface area contributed by atoms with Crippen LogP contribution < -0.4 is 4.90 Å². The Morgan fingerprint density at radius 2 is 2.00 bits per heavy atom. The average molecular weight is 331 g/mol. The summed E-state index contributed by atoms with van der Waals surface area (Å²) < 4.78 is 7.05.